The highest BCUT2D eigenvalue weighted by Gasteiger charge is 2.42. The van der Waals surface area contributed by atoms with Crippen molar-refractivity contribution < 1.29 is 14.3 Å². The fourth-order valence-corrected chi connectivity index (χ4v) is 2.82. The first-order valence-corrected chi connectivity index (χ1v) is 6.78. The highest BCUT2D eigenvalue weighted by molar-refractivity contribution is 5.91. The molecule has 8 heteroatoms. The maximum Gasteiger partial charge on any atom is 0.335 e. The summed E-state index contributed by atoms with van der Waals surface area (Å²) in [5, 5.41) is 35.4. The highest BCUT2D eigenvalue weighted by Crippen LogP contribution is 2.46. The Morgan fingerprint density at radius 1 is 1.55 bits per heavy atom. The summed E-state index contributed by atoms with van der Waals surface area (Å²) in [4.78, 5) is 15.1. The van der Waals surface area contributed by atoms with Crippen LogP contribution >= 0.6 is 0 Å². The first-order chi connectivity index (χ1) is 10.5. The van der Waals surface area contributed by atoms with Crippen molar-refractivity contribution in [3.05, 3.63) is 52.5 Å². The minimum Gasteiger partial charge on any atom is -0.754 e. The summed E-state index contributed by atoms with van der Waals surface area (Å²) >= 11 is 0. The number of benzene rings is 1. The molecular formula is C14H14N3O5-. The molecule has 8 nitrogen and oxygen atoms in total. The molecule has 2 atom stereocenters. The molecule has 0 bridgehead atoms. The minimum atomic E-state index is -1.15. The highest BCUT2D eigenvalue weighted by atomic mass is 16.6. The van der Waals surface area contributed by atoms with Gasteiger partial charge in [-0.05, 0) is 12.1 Å². The van der Waals surface area contributed by atoms with Gasteiger partial charge in [0, 0.05) is 12.5 Å². The number of aromatic nitrogens is 1. The lowest BCUT2D eigenvalue weighted by Crippen LogP contribution is -2.53. The van der Waals surface area contributed by atoms with E-state index in [9.17, 15) is 15.2 Å². The largest absolute Gasteiger partial charge is 0.754 e. The zero-order chi connectivity index (χ0) is 15.9. The molecule has 1 N–H and O–H groups in total. The van der Waals surface area contributed by atoms with Crippen LogP contribution in [0.4, 0.5) is 11.4 Å². The molecule has 2 unspecified atom stereocenters. The molecule has 1 aliphatic rings. The van der Waals surface area contributed by atoms with Crippen LogP contribution in [-0.4, -0.2) is 22.2 Å². The number of carboxylic acids is 1. The van der Waals surface area contributed by atoms with Crippen LogP contribution < -0.4 is 9.71 Å². The maximum absolute atomic E-state index is 13.3. The molecule has 2 aromatic rings. The number of hydroxylamine groups is 3. The number of aromatic carboxylic acids is 1. The lowest BCUT2D eigenvalue weighted by atomic mass is 10.1. The van der Waals surface area contributed by atoms with Gasteiger partial charge in [-0.2, -0.15) is 0 Å². The van der Waals surface area contributed by atoms with Crippen molar-refractivity contribution in [1.29, 1.82) is 0 Å². The summed E-state index contributed by atoms with van der Waals surface area (Å²) in [7, 11) is 0. The van der Waals surface area contributed by atoms with Gasteiger partial charge in [0.15, 0.2) is 18.4 Å². The van der Waals surface area contributed by atoms with Crippen LogP contribution in [0.3, 0.4) is 0 Å². The van der Waals surface area contributed by atoms with Crippen LogP contribution in [-0.2, 0) is 6.54 Å². The number of hydrogen-bond donors (Lipinski definition) is 1. The molecule has 0 radical (unpaired) electrons. The fraction of sp³-hybridized carbons (Fsp3) is 0.286. The normalized spacial score (nSPS) is 23.6. The van der Waals surface area contributed by atoms with Crippen molar-refractivity contribution in [2.24, 2.45) is 0 Å². The maximum atomic E-state index is 13.3. The molecule has 116 valence electrons. The molecule has 1 aromatic heterocycles. The third kappa shape index (κ3) is 2.05. The quantitative estimate of drug-likeness (QED) is 0.681. The minimum absolute atomic E-state index is 0.0327. The van der Waals surface area contributed by atoms with E-state index in [1.807, 2.05) is 0 Å². The molecule has 0 spiro atoms. The number of nitrogens with zero attached hydrogens (tertiary/aromatic N) is 3. The van der Waals surface area contributed by atoms with Gasteiger partial charge in [0.25, 0.3) is 5.89 Å². The number of carboxylic acid groups (broad SMARTS) is 1. The van der Waals surface area contributed by atoms with E-state index in [4.69, 9.17) is 9.52 Å². The van der Waals surface area contributed by atoms with Gasteiger partial charge in [-0.15, -0.1) is 0 Å². The van der Waals surface area contributed by atoms with Gasteiger partial charge >= 0.3 is 5.97 Å². The van der Waals surface area contributed by atoms with Gasteiger partial charge in [-0.3, -0.25) is 0 Å². The average molecular weight is 304 g/mol. The predicted molar refractivity (Wildman–Crippen MR) is 78.7 cm³/mol. The lowest BCUT2D eigenvalue weighted by Gasteiger charge is -2.45. The van der Waals surface area contributed by atoms with E-state index < -0.39 is 16.8 Å². The second kappa shape index (κ2) is 5.09. The summed E-state index contributed by atoms with van der Waals surface area (Å²) in [5.41, 5.74) is 0.285. The fourth-order valence-electron chi connectivity index (χ4n) is 2.82. The Bertz CT molecular complexity index is 703. The van der Waals surface area contributed by atoms with Crippen LogP contribution in [0.25, 0.3) is 0 Å². The Hall–Kier alpha value is -2.42. The first kappa shape index (κ1) is 14.5. The van der Waals surface area contributed by atoms with E-state index in [0.29, 0.717) is 11.5 Å². The molecule has 0 amide bonds. The summed E-state index contributed by atoms with van der Waals surface area (Å²) in [6.45, 7) is 1.57. The van der Waals surface area contributed by atoms with E-state index in [1.165, 1.54) is 30.7 Å². The second-order valence-electron chi connectivity index (χ2n) is 5.10. The van der Waals surface area contributed by atoms with E-state index >= 15 is 0 Å². The molecule has 0 saturated heterocycles. The van der Waals surface area contributed by atoms with Crippen LogP contribution in [0, 0.1) is 10.4 Å². The zero-order valence-corrected chi connectivity index (χ0v) is 11.8. The van der Waals surface area contributed by atoms with E-state index in [-0.39, 0.29) is 29.4 Å². The smallest absolute Gasteiger partial charge is 0.335 e. The zero-order valence-electron chi connectivity index (χ0n) is 11.8. The van der Waals surface area contributed by atoms with Crippen LogP contribution in [0.15, 0.2) is 35.1 Å². The number of rotatable bonds is 4. The van der Waals surface area contributed by atoms with Crippen molar-refractivity contribution in [2.75, 3.05) is 5.06 Å². The van der Waals surface area contributed by atoms with Gasteiger partial charge in [-0.1, -0.05) is 6.92 Å². The van der Waals surface area contributed by atoms with E-state index in [2.05, 4.69) is 4.98 Å². The molecule has 1 aliphatic heterocycles. The Morgan fingerprint density at radius 3 is 2.91 bits per heavy atom. The van der Waals surface area contributed by atoms with Crippen LogP contribution in [0.5, 0.6) is 0 Å². The van der Waals surface area contributed by atoms with Crippen LogP contribution in [0.1, 0.15) is 29.6 Å². The Balaban J connectivity index is 2.12. The number of hydrogen-bond acceptors (Lipinski definition) is 6. The number of oxazole rings is 1. The Kier molecular flexibility index (Phi) is 3.36. The second-order valence-corrected chi connectivity index (χ2v) is 5.10. The molecule has 2 heterocycles. The first-order valence-electron chi connectivity index (χ1n) is 6.78. The van der Waals surface area contributed by atoms with Crippen LogP contribution in [0.2, 0.25) is 0 Å². The SMILES string of the molecule is CCC1N([O-])c2ccc(C(=O)O)cc2[N+]1([O-])Cc1ncco1. The monoisotopic (exact) mass is 304 g/mol. The van der Waals surface area contributed by atoms with Crippen molar-refractivity contribution in [3.63, 3.8) is 0 Å². The number of fused-ring (bicyclic) bond motifs is 1. The summed E-state index contributed by atoms with van der Waals surface area (Å²) < 4.78 is 4.11. The summed E-state index contributed by atoms with van der Waals surface area (Å²) in [6, 6.07) is 3.95. The van der Waals surface area contributed by atoms with Crippen molar-refractivity contribution in [3.8, 4) is 0 Å². The van der Waals surface area contributed by atoms with E-state index in [0.717, 1.165) is 0 Å². The van der Waals surface area contributed by atoms with Crippen molar-refractivity contribution in [1.82, 2.24) is 9.63 Å². The topological polar surface area (TPSA) is 113 Å². The van der Waals surface area contributed by atoms with Gasteiger partial charge in [0.05, 0.1) is 17.4 Å². The molecule has 1 aromatic carbocycles. The van der Waals surface area contributed by atoms with E-state index in [1.54, 1.807) is 6.92 Å². The predicted octanol–water partition coefficient (Wildman–Crippen LogP) is 2.43. The van der Waals surface area contributed by atoms with Crippen molar-refractivity contribution in [2.45, 2.75) is 26.1 Å². The van der Waals surface area contributed by atoms with Gasteiger partial charge < -0.3 is 29.6 Å². The lowest BCUT2D eigenvalue weighted by molar-refractivity contribution is 0.0697. The molecule has 22 heavy (non-hydrogen) atoms. The molecule has 0 aliphatic carbocycles. The third-order valence-electron chi connectivity index (χ3n) is 3.84. The standard InChI is InChI=1S/C14H14N3O5/c1-2-13-16(20)10-4-3-9(14(18)19)7-11(10)17(13,21)8-12-15-5-6-22-12/h3-7,13H,2,8H2,1H3,(H,18,19)/q-1. The van der Waals surface area contributed by atoms with Gasteiger partial charge in [0.1, 0.15) is 6.26 Å². The Labute approximate surface area is 126 Å². The van der Waals surface area contributed by atoms with Gasteiger partial charge in [0.2, 0.25) is 0 Å². The average Bonchev–Trinajstić information content (AvgIpc) is 3.05. The Morgan fingerprint density at radius 2 is 2.32 bits per heavy atom. The summed E-state index contributed by atoms with van der Waals surface area (Å²) in [5.74, 6) is -0.946. The molecular weight excluding hydrogens is 290 g/mol. The molecule has 3 rings (SSSR count). The third-order valence-corrected chi connectivity index (χ3v) is 3.84. The number of carbonyl (C=O) groups is 1. The van der Waals surface area contributed by atoms with Gasteiger partial charge in [-0.25, -0.2) is 9.78 Å². The summed E-state index contributed by atoms with van der Waals surface area (Å²) in [6.07, 6.45) is 2.18. The molecule has 0 fully saturated rings. The number of anilines is 1. The molecule has 0 saturated carbocycles. The number of quaternary nitrogens is 1. The van der Waals surface area contributed by atoms with Crippen molar-refractivity contribution >= 4 is 17.3 Å².